The largest absolute Gasteiger partial charge is 0.457 e. The van der Waals surface area contributed by atoms with E-state index in [1.54, 1.807) is 30.3 Å². The van der Waals surface area contributed by atoms with Gasteiger partial charge in [-0.25, -0.2) is 0 Å². The summed E-state index contributed by atoms with van der Waals surface area (Å²) in [5, 5.41) is 4.32. The van der Waals surface area contributed by atoms with Crippen molar-refractivity contribution in [1.29, 1.82) is 0 Å². The molecule has 0 spiro atoms. The van der Waals surface area contributed by atoms with Crippen LogP contribution in [0.1, 0.15) is 5.76 Å². The van der Waals surface area contributed by atoms with Crippen LogP contribution in [0.5, 0.6) is 0 Å². The third-order valence-electron chi connectivity index (χ3n) is 3.51. The summed E-state index contributed by atoms with van der Waals surface area (Å²) in [6.07, 6.45) is 2.82. The molecular weight excluding hydrogens is 451 g/mol. The molecule has 3 aromatic rings. The highest BCUT2D eigenvalue weighted by molar-refractivity contribution is 6.44. The molecule has 0 saturated carbocycles. The van der Waals surface area contributed by atoms with E-state index in [1.165, 1.54) is 24.3 Å². The average Bonchev–Trinajstić information content (AvgIpc) is 3.09. The number of benzene rings is 2. The summed E-state index contributed by atoms with van der Waals surface area (Å²) in [5.74, 6) is 0.598. The topological polar surface area (TPSA) is 42.2 Å². The Hall–Kier alpha value is -1.62. The number of carbonyl (C=O) groups excluding carboxylic acids is 1. The molecule has 1 heterocycles. The van der Waals surface area contributed by atoms with E-state index >= 15 is 0 Å². The van der Waals surface area contributed by atoms with E-state index in [0.29, 0.717) is 37.8 Å². The summed E-state index contributed by atoms with van der Waals surface area (Å²) < 4.78 is 5.69. The van der Waals surface area contributed by atoms with Crippen molar-refractivity contribution in [2.75, 3.05) is 5.32 Å². The van der Waals surface area contributed by atoms with Crippen LogP contribution in [0.3, 0.4) is 0 Å². The molecule has 8 heteroatoms. The zero-order valence-corrected chi connectivity index (χ0v) is 17.2. The van der Waals surface area contributed by atoms with Crippen molar-refractivity contribution in [2.45, 2.75) is 0 Å². The highest BCUT2D eigenvalue weighted by atomic mass is 35.5. The van der Waals surface area contributed by atoms with E-state index in [4.69, 9.17) is 62.4 Å². The van der Waals surface area contributed by atoms with Crippen molar-refractivity contribution in [1.82, 2.24) is 0 Å². The maximum absolute atomic E-state index is 12.1. The van der Waals surface area contributed by atoms with Crippen LogP contribution in [-0.2, 0) is 4.79 Å². The molecule has 138 valence electrons. The number of carbonyl (C=O) groups is 1. The standard InChI is InChI=1S/C19H10Cl5NO2/c20-12-3-1-2-11(19(12)24)17-6-4-10(27-17)5-7-18(26)25-16-9-14(22)13(21)8-15(16)23/h1-9H,(H,25,26). The molecule has 1 aromatic heterocycles. The third-order valence-corrected chi connectivity index (χ3v) is 5.36. The molecule has 0 bridgehead atoms. The van der Waals surface area contributed by atoms with Gasteiger partial charge >= 0.3 is 0 Å². The summed E-state index contributed by atoms with van der Waals surface area (Å²) in [6, 6.07) is 11.6. The number of rotatable bonds is 4. The molecule has 3 nitrogen and oxygen atoms in total. The van der Waals surface area contributed by atoms with Gasteiger partial charge in [-0.05, 0) is 42.5 Å². The molecular formula is C19H10Cl5NO2. The van der Waals surface area contributed by atoms with Crippen LogP contribution in [0.2, 0.25) is 25.1 Å². The van der Waals surface area contributed by atoms with Gasteiger partial charge in [-0.3, -0.25) is 4.79 Å². The molecule has 0 fully saturated rings. The van der Waals surface area contributed by atoms with Crippen molar-refractivity contribution >= 4 is 75.7 Å². The van der Waals surface area contributed by atoms with Gasteiger partial charge in [-0.15, -0.1) is 0 Å². The summed E-state index contributed by atoms with van der Waals surface area (Å²) in [6.45, 7) is 0. The van der Waals surface area contributed by atoms with E-state index < -0.39 is 5.91 Å². The molecule has 1 N–H and O–H groups in total. The first kappa shape index (κ1) is 20.1. The number of furan rings is 1. The van der Waals surface area contributed by atoms with Gasteiger partial charge in [0.25, 0.3) is 0 Å². The van der Waals surface area contributed by atoms with Crippen LogP contribution in [0.25, 0.3) is 17.4 Å². The number of hydrogen-bond acceptors (Lipinski definition) is 2. The van der Waals surface area contributed by atoms with Crippen molar-refractivity contribution in [3.05, 3.63) is 79.4 Å². The minimum Gasteiger partial charge on any atom is -0.457 e. The van der Waals surface area contributed by atoms with Crippen LogP contribution >= 0.6 is 58.0 Å². The third kappa shape index (κ3) is 4.81. The highest BCUT2D eigenvalue weighted by Gasteiger charge is 2.11. The summed E-state index contributed by atoms with van der Waals surface area (Å²) >= 11 is 30.0. The molecule has 0 radical (unpaired) electrons. The molecule has 0 unspecified atom stereocenters. The first-order valence-electron chi connectivity index (χ1n) is 7.53. The lowest BCUT2D eigenvalue weighted by atomic mass is 10.2. The second kappa shape index (κ2) is 8.59. The van der Waals surface area contributed by atoms with Gasteiger partial charge in [0.05, 0.1) is 30.8 Å². The lowest BCUT2D eigenvalue weighted by Gasteiger charge is -2.06. The van der Waals surface area contributed by atoms with E-state index in [9.17, 15) is 4.79 Å². The predicted molar refractivity (Wildman–Crippen MR) is 113 cm³/mol. The number of halogens is 5. The Morgan fingerprint density at radius 1 is 0.889 bits per heavy atom. The van der Waals surface area contributed by atoms with Crippen molar-refractivity contribution in [3.63, 3.8) is 0 Å². The quantitative estimate of drug-likeness (QED) is 0.317. The fourth-order valence-electron chi connectivity index (χ4n) is 2.23. The van der Waals surface area contributed by atoms with Crippen LogP contribution < -0.4 is 5.32 Å². The van der Waals surface area contributed by atoms with E-state index in [1.807, 2.05) is 0 Å². The Bertz CT molecular complexity index is 1040. The maximum Gasteiger partial charge on any atom is 0.248 e. The lowest BCUT2D eigenvalue weighted by molar-refractivity contribution is -0.111. The molecule has 27 heavy (non-hydrogen) atoms. The second-order valence-electron chi connectivity index (χ2n) is 5.37. The Morgan fingerprint density at radius 2 is 1.63 bits per heavy atom. The first-order chi connectivity index (χ1) is 12.8. The van der Waals surface area contributed by atoms with Crippen molar-refractivity contribution in [3.8, 4) is 11.3 Å². The van der Waals surface area contributed by atoms with E-state index in [-0.39, 0.29) is 10.0 Å². The molecule has 0 aliphatic rings. The molecule has 0 aliphatic carbocycles. The Balaban J connectivity index is 1.73. The molecule has 2 aromatic carbocycles. The fourth-order valence-corrected chi connectivity index (χ4v) is 3.22. The Kier molecular flexibility index (Phi) is 6.40. The molecule has 0 aliphatic heterocycles. The molecule has 0 saturated heterocycles. The van der Waals surface area contributed by atoms with Gasteiger partial charge < -0.3 is 9.73 Å². The van der Waals surface area contributed by atoms with Gasteiger partial charge in [0, 0.05) is 11.6 Å². The first-order valence-corrected chi connectivity index (χ1v) is 9.42. The minimum absolute atomic E-state index is 0.280. The summed E-state index contributed by atoms with van der Waals surface area (Å²) in [7, 11) is 0. The number of anilines is 1. The number of nitrogens with one attached hydrogen (secondary N) is 1. The molecule has 3 rings (SSSR count). The van der Waals surface area contributed by atoms with E-state index in [2.05, 4.69) is 5.32 Å². The van der Waals surface area contributed by atoms with Gasteiger partial charge in [0.1, 0.15) is 11.5 Å². The number of hydrogen-bond donors (Lipinski definition) is 1. The highest BCUT2D eigenvalue weighted by Crippen LogP contribution is 2.35. The Morgan fingerprint density at radius 3 is 2.41 bits per heavy atom. The minimum atomic E-state index is -0.408. The van der Waals surface area contributed by atoms with Gasteiger partial charge in [-0.2, -0.15) is 0 Å². The zero-order valence-electron chi connectivity index (χ0n) is 13.4. The monoisotopic (exact) mass is 459 g/mol. The lowest BCUT2D eigenvalue weighted by Crippen LogP contribution is -2.08. The maximum atomic E-state index is 12.1. The SMILES string of the molecule is O=C(C=Cc1ccc(-c2cccc(Cl)c2Cl)o1)Nc1cc(Cl)c(Cl)cc1Cl. The van der Waals surface area contributed by atoms with Crippen LogP contribution in [0.4, 0.5) is 5.69 Å². The second-order valence-corrected chi connectivity index (χ2v) is 7.38. The molecule has 1 amide bonds. The average molecular weight is 462 g/mol. The Labute approximate surface area is 180 Å². The van der Waals surface area contributed by atoms with Crippen LogP contribution in [0, 0.1) is 0 Å². The summed E-state index contributed by atoms with van der Waals surface area (Å²) in [4.78, 5) is 12.1. The predicted octanol–water partition coefficient (Wildman–Crippen LogP) is 7.87. The summed E-state index contributed by atoms with van der Waals surface area (Å²) in [5.41, 5.74) is 1.02. The number of amides is 1. The molecule has 0 atom stereocenters. The smallest absolute Gasteiger partial charge is 0.248 e. The fraction of sp³-hybridized carbons (Fsp3) is 0. The van der Waals surface area contributed by atoms with Crippen molar-refractivity contribution < 1.29 is 9.21 Å². The van der Waals surface area contributed by atoms with E-state index in [0.717, 1.165) is 0 Å². The van der Waals surface area contributed by atoms with Gasteiger partial charge in [0.15, 0.2) is 0 Å². The van der Waals surface area contributed by atoms with Crippen LogP contribution in [-0.4, -0.2) is 5.91 Å². The normalized spacial score (nSPS) is 11.1. The van der Waals surface area contributed by atoms with Crippen molar-refractivity contribution in [2.24, 2.45) is 0 Å². The zero-order chi connectivity index (χ0) is 19.6. The van der Waals surface area contributed by atoms with Gasteiger partial charge in [0.2, 0.25) is 5.91 Å². The van der Waals surface area contributed by atoms with Crippen LogP contribution in [0.15, 0.2) is 53.0 Å². The van der Waals surface area contributed by atoms with Gasteiger partial charge in [-0.1, -0.05) is 64.1 Å².